The van der Waals surface area contributed by atoms with Gasteiger partial charge in [-0.05, 0) is 46.3 Å². The summed E-state index contributed by atoms with van der Waals surface area (Å²) >= 11 is 9.46. The lowest BCUT2D eigenvalue weighted by molar-refractivity contribution is 0.412. The van der Waals surface area contributed by atoms with E-state index in [0.717, 1.165) is 10.2 Å². The van der Waals surface area contributed by atoms with E-state index in [0.29, 0.717) is 22.1 Å². The van der Waals surface area contributed by atoms with Crippen LogP contribution in [0, 0.1) is 5.41 Å². The summed E-state index contributed by atoms with van der Waals surface area (Å²) in [5.74, 6) is 1.85. The second-order valence-corrected chi connectivity index (χ2v) is 5.22. The molecule has 0 aliphatic rings. The summed E-state index contributed by atoms with van der Waals surface area (Å²) in [6.45, 7) is 0. The van der Waals surface area contributed by atoms with E-state index < -0.39 is 0 Å². The van der Waals surface area contributed by atoms with E-state index in [1.165, 1.54) is 0 Å². The van der Waals surface area contributed by atoms with Crippen molar-refractivity contribution < 1.29 is 9.47 Å². The van der Waals surface area contributed by atoms with Gasteiger partial charge < -0.3 is 15.2 Å². The third-order valence-corrected chi connectivity index (χ3v) is 3.53. The van der Waals surface area contributed by atoms with Crippen molar-refractivity contribution in [2.75, 3.05) is 7.11 Å². The molecule has 0 spiro atoms. The van der Waals surface area contributed by atoms with Crippen LogP contribution in [-0.2, 0) is 0 Å². The van der Waals surface area contributed by atoms with E-state index in [1.54, 1.807) is 43.5 Å². The summed E-state index contributed by atoms with van der Waals surface area (Å²) in [5.41, 5.74) is 5.89. The number of rotatable bonds is 4. The molecule has 0 atom stereocenters. The zero-order chi connectivity index (χ0) is 14.7. The van der Waals surface area contributed by atoms with E-state index in [2.05, 4.69) is 15.9 Å². The number of nitrogens with two attached hydrogens (primary N) is 1. The molecule has 3 N–H and O–H groups in total. The smallest absolute Gasteiger partial charge is 0.141 e. The van der Waals surface area contributed by atoms with Crippen LogP contribution in [0.5, 0.6) is 17.2 Å². The third-order valence-electron chi connectivity index (χ3n) is 2.60. The Balaban J connectivity index is 2.26. The predicted octanol–water partition coefficient (Wildman–Crippen LogP) is 4.19. The van der Waals surface area contributed by atoms with Crippen LogP contribution in [0.1, 0.15) is 5.56 Å². The van der Waals surface area contributed by atoms with E-state index in [4.69, 9.17) is 32.2 Å². The predicted molar refractivity (Wildman–Crippen MR) is 83.2 cm³/mol. The van der Waals surface area contributed by atoms with Gasteiger partial charge in [0.25, 0.3) is 0 Å². The van der Waals surface area contributed by atoms with Crippen molar-refractivity contribution in [3.8, 4) is 17.2 Å². The van der Waals surface area contributed by atoms with Gasteiger partial charge in [-0.3, -0.25) is 5.41 Å². The minimum Gasteiger partial charge on any atom is -0.497 e. The van der Waals surface area contributed by atoms with Crippen molar-refractivity contribution in [1.29, 1.82) is 5.41 Å². The van der Waals surface area contributed by atoms with Gasteiger partial charge in [0.2, 0.25) is 0 Å². The minimum absolute atomic E-state index is 0.0767. The maximum Gasteiger partial charge on any atom is 0.141 e. The molecule has 4 nitrogen and oxygen atoms in total. The largest absolute Gasteiger partial charge is 0.497 e. The van der Waals surface area contributed by atoms with Crippen molar-refractivity contribution in [3.63, 3.8) is 0 Å². The van der Waals surface area contributed by atoms with Crippen LogP contribution in [0.15, 0.2) is 40.9 Å². The Morgan fingerprint density at radius 1 is 1.20 bits per heavy atom. The van der Waals surface area contributed by atoms with Crippen molar-refractivity contribution in [3.05, 3.63) is 51.5 Å². The van der Waals surface area contributed by atoms with Crippen molar-refractivity contribution in [2.45, 2.75) is 0 Å². The van der Waals surface area contributed by atoms with Gasteiger partial charge in [-0.15, -0.1) is 0 Å². The molecule has 2 rings (SSSR count). The maximum atomic E-state index is 7.38. The molecule has 0 aliphatic carbocycles. The fourth-order valence-corrected chi connectivity index (χ4v) is 2.31. The van der Waals surface area contributed by atoms with E-state index in [1.807, 2.05) is 0 Å². The lowest BCUT2D eigenvalue weighted by Crippen LogP contribution is -2.11. The van der Waals surface area contributed by atoms with E-state index in [-0.39, 0.29) is 5.84 Å². The highest BCUT2D eigenvalue weighted by Crippen LogP contribution is 2.34. The van der Waals surface area contributed by atoms with Gasteiger partial charge in [-0.25, -0.2) is 0 Å². The van der Waals surface area contributed by atoms with Gasteiger partial charge >= 0.3 is 0 Å². The topological polar surface area (TPSA) is 68.3 Å². The number of nitrogen functional groups attached to an aromatic ring is 1. The molecule has 0 heterocycles. The highest BCUT2D eigenvalue weighted by Gasteiger charge is 2.08. The number of halogens is 2. The van der Waals surface area contributed by atoms with Gasteiger partial charge in [-0.1, -0.05) is 11.6 Å². The molecule has 0 radical (unpaired) electrons. The number of ether oxygens (including phenoxy) is 2. The maximum absolute atomic E-state index is 7.38. The molecule has 20 heavy (non-hydrogen) atoms. The summed E-state index contributed by atoms with van der Waals surface area (Å²) < 4.78 is 11.6. The number of methoxy groups -OCH3 is 1. The van der Waals surface area contributed by atoms with Crippen LogP contribution >= 0.6 is 27.5 Å². The van der Waals surface area contributed by atoms with Gasteiger partial charge in [0.15, 0.2) is 0 Å². The Bertz CT molecular complexity index is 662. The Hall–Kier alpha value is -1.72. The molecule has 6 heteroatoms. The van der Waals surface area contributed by atoms with Crippen molar-refractivity contribution in [1.82, 2.24) is 0 Å². The monoisotopic (exact) mass is 354 g/mol. The molecule has 0 unspecified atom stereocenters. The van der Waals surface area contributed by atoms with Gasteiger partial charge in [-0.2, -0.15) is 0 Å². The molecule has 0 bridgehead atoms. The SMILES string of the molecule is COc1ccc(Oc2ccc(C(=N)N)c(Cl)c2)c(Br)c1. The number of hydrogen-bond acceptors (Lipinski definition) is 3. The van der Waals surface area contributed by atoms with Crippen LogP contribution < -0.4 is 15.2 Å². The fourth-order valence-electron chi connectivity index (χ4n) is 1.60. The molecule has 104 valence electrons. The van der Waals surface area contributed by atoms with Crippen LogP contribution in [0.3, 0.4) is 0 Å². The summed E-state index contributed by atoms with van der Waals surface area (Å²) in [7, 11) is 1.60. The second kappa shape index (κ2) is 6.15. The molecule has 2 aromatic rings. The Morgan fingerprint density at radius 2 is 1.90 bits per heavy atom. The first-order chi connectivity index (χ1) is 9.51. The van der Waals surface area contributed by atoms with Crippen LogP contribution in [-0.4, -0.2) is 12.9 Å². The summed E-state index contributed by atoms with van der Waals surface area (Å²) in [4.78, 5) is 0. The molecule has 0 saturated carbocycles. The summed E-state index contributed by atoms with van der Waals surface area (Å²) in [5, 5.41) is 7.75. The number of nitrogens with one attached hydrogen (secondary N) is 1. The normalized spacial score (nSPS) is 10.2. The number of benzene rings is 2. The Labute approximate surface area is 130 Å². The highest BCUT2D eigenvalue weighted by molar-refractivity contribution is 9.10. The Morgan fingerprint density at radius 3 is 2.45 bits per heavy atom. The second-order valence-electron chi connectivity index (χ2n) is 3.95. The van der Waals surface area contributed by atoms with E-state index in [9.17, 15) is 0 Å². The van der Waals surface area contributed by atoms with Crippen LogP contribution in [0.4, 0.5) is 0 Å². The van der Waals surface area contributed by atoms with Gasteiger partial charge in [0.05, 0.1) is 16.6 Å². The molecular weight excluding hydrogens is 344 g/mol. The zero-order valence-corrected chi connectivity index (χ0v) is 13.0. The third kappa shape index (κ3) is 3.23. The quantitative estimate of drug-likeness (QED) is 0.638. The van der Waals surface area contributed by atoms with Crippen molar-refractivity contribution >= 4 is 33.4 Å². The van der Waals surface area contributed by atoms with Crippen LogP contribution in [0.25, 0.3) is 0 Å². The lowest BCUT2D eigenvalue weighted by Gasteiger charge is -2.10. The minimum atomic E-state index is -0.0767. The Kier molecular flexibility index (Phi) is 4.52. The fraction of sp³-hybridized carbons (Fsp3) is 0.0714. The zero-order valence-electron chi connectivity index (χ0n) is 10.6. The molecule has 0 aromatic heterocycles. The lowest BCUT2D eigenvalue weighted by atomic mass is 10.2. The van der Waals surface area contributed by atoms with Crippen molar-refractivity contribution in [2.24, 2.45) is 5.73 Å². The first-order valence-electron chi connectivity index (χ1n) is 5.66. The van der Waals surface area contributed by atoms with E-state index >= 15 is 0 Å². The van der Waals surface area contributed by atoms with Crippen LogP contribution in [0.2, 0.25) is 5.02 Å². The molecule has 0 saturated heterocycles. The average molecular weight is 356 g/mol. The highest BCUT2D eigenvalue weighted by atomic mass is 79.9. The summed E-state index contributed by atoms with van der Waals surface area (Å²) in [6, 6.07) is 10.4. The molecule has 0 fully saturated rings. The number of hydrogen-bond donors (Lipinski definition) is 2. The number of amidine groups is 1. The first kappa shape index (κ1) is 14.7. The van der Waals surface area contributed by atoms with Gasteiger partial charge in [0.1, 0.15) is 23.1 Å². The van der Waals surface area contributed by atoms with Gasteiger partial charge in [0, 0.05) is 11.6 Å². The summed E-state index contributed by atoms with van der Waals surface area (Å²) in [6.07, 6.45) is 0. The molecule has 0 amide bonds. The first-order valence-corrected chi connectivity index (χ1v) is 6.83. The molecule has 0 aliphatic heterocycles. The standard InChI is InChI=1S/C14H12BrClN2O2/c1-19-8-3-5-13(11(15)6-8)20-9-2-4-10(14(17)18)12(16)7-9/h2-7H,1H3,(H3,17,18). The average Bonchev–Trinajstić information content (AvgIpc) is 2.40. The molecule has 2 aromatic carbocycles. The molecular formula is C14H12BrClN2O2.